The Balaban J connectivity index is 1.68. The smallest absolute Gasteiger partial charge is 0.231 e. The molecule has 0 spiro atoms. The summed E-state index contributed by atoms with van der Waals surface area (Å²) in [7, 11) is 4.94. The van der Waals surface area contributed by atoms with E-state index in [0.717, 1.165) is 47.9 Å². The predicted octanol–water partition coefficient (Wildman–Crippen LogP) is 4.41. The van der Waals surface area contributed by atoms with E-state index in [1.165, 1.54) is 12.8 Å². The molecule has 3 heterocycles. The Morgan fingerprint density at radius 1 is 0.875 bits per heavy atom. The van der Waals surface area contributed by atoms with Crippen LogP contribution >= 0.6 is 0 Å². The maximum atomic E-state index is 6.66. The number of likely N-dealkylation sites (tertiary alicyclic amines) is 1. The first-order valence-electron chi connectivity index (χ1n) is 11.3. The average Bonchev–Trinajstić information content (AvgIpc) is 3.52. The number of nitrogens with zero attached hydrogens (tertiary/aromatic N) is 1. The van der Waals surface area contributed by atoms with E-state index in [2.05, 4.69) is 30.0 Å². The Hall–Kier alpha value is -2.80. The second-order valence-corrected chi connectivity index (χ2v) is 8.50. The van der Waals surface area contributed by atoms with E-state index in [0.29, 0.717) is 17.2 Å². The van der Waals surface area contributed by atoms with Gasteiger partial charge in [0, 0.05) is 36.6 Å². The minimum absolute atomic E-state index is 0.000497. The van der Waals surface area contributed by atoms with Crippen LogP contribution in [0.15, 0.2) is 24.3 Å². The Labute approximate surface area is 189 Å². The Bertz CT molecular complexity index is 962. The van der Waals surface area contributed by atoms with Gasteiger partial charge in [-0.15, -0.1) is 0 Å². The topological polar surface area (TPSA) is 58.6 Å². The van der Waals surface area contributed by atoms with E-state index in [9.17, 15) is 0 Å². The molecule has 0 aliphatic carbocycles. The average molecular weight is 442 g/mol. The molecule has 3 atom stereocenters. The first-order valence-corrected chi connectivity index (χ1v) is 11.3. The molecule has 0 saturated carbocycles. The second-order valence-electron chi connectivity index (χ2n) is 8.50. The molecular formula is C25H31NO6. The van der Waals surface area contributed by atoms with Crippen molar-refractivity contribution in [3.63, 3.8) is 0 Å². The zero-order chi connectivity index (χ0) is 22.2. The molecule has 2 aromatic carbocycles. The highest BCUT2D eigenvalue weighted by atomic mass is 16.7. The molecule has 0 radical (unpaired) electrons. The summed E-state index contributed by atoms with van der Waals surface area (Å²) >= 11 is 0. The summed E-state index contributed by atoms with van der Waals surface area (Å²) in [6.45, 7) is 4.59. The molecule has 2 aromatic rings. The highest BCUT2D eigenvalue weighted by Gasteiger charge is 2.43. The van der Waals surface area contributed by atoms with Crippen LogP contribution in [0.5, 0.6) is 34.5 Å². The van der Waals surface area contributed by atoms with Gasteiger partial charge in [-0.2, -0.15) is 0 Å². The van der Waals surface area contributed by atoms with Crippen LogP contribution in [0, 0.1) is 5.92 Å². The number of methoxy groups -OCH3 is 3. The Kier molecular flexibility index (Phi) is 5.67. The third kappa shape index (κ3) is 3.39. The molecule has 32 heavy (non-hydrogen) atoms. The van der Waals surface area contributed by atoms with Crippen molar-refractivity contribution in [1.82, 2.24) is 4.90 Å². The molecule has 0 bridgehead atoms. The summed E-state index contributed by atoms with van der Waals surface area (Å²) in [6, 6.07) is 8.19. The lowest BCUT2D eigenvalue weighted by Crippen LogP contribution is -2.47. The van der Waals surface area contributed by atoms with E-state index >= 15 is 0 Å². The molecular weight excluding hydrogens is 410 g/mol. The fourth-order valence-corrected chi connectivity index (χ4v) is 5.38. The van der Waals surface area contributed by atoms with Gasteiger partial charge in [-0.05, 0) is 43.0 Å². The minimum atomic E-state index is -0.000497. The molecule has 0 aromatic heterocycles. The fraction of sp³-hybridized carbons (Fsp3) is 0.520. The van der Waals surface area contributed by atoms with E-state index in [1.807, 2.05) is 6.07 Å². The fourth-order valence-electron chi connectivity index (χ4n) is 5.38. The van der Waals surface area contributed by atoms with Crippen LogP contribution in [0.3, 0.4) is 0 Å². The summed E-state index contributed by atoms with van der Waals surface area (Å²) in [6.07, 6.45) is 3.38. The largest absolute Gasteiger partial charge is 0.493 e. The van der Waals surface area contributed by atoms with Crippen molar-refractivity contribution in [1.29, 1.82) is 0 Å². The normalized spacial score (nSPS) is 24.1. The number of fused-ring (bicyclic) bond motifs is 2. The first-order chi connectivity index (χ1) is 15.7. The molecule has 5 rings (SSSR count). The molecule has 0 unspecified atom stereocenters. The van der Waals surface area contributed by atoms with Crippen LogP contribution in [0.4, 0.5) is 0 Å². The molecule has 3 aliphatic heterocycles. The van der Waals surface area contributed by atoms with E-state index in [4.69, 9.17) is 28.4 Å². The zero-order valence-electron chi connectivity index (χ0n) is 19.2. The maximum absolute atomic E-state index is 6.66. The van der Waals surface area contributed by atoms with Gasteiger partial charge in [0.25, 0.3) is 0 Å². The lowest BCUT2D eigenvalue weighted by molar-refractivity contribution is -0.0257. The van der Waals surface area contributed by atoms with Gasteiger partial charge in [0.2, 0.25) is 12.5 Å². The van der Waals surface area contributed by atoms with E-state index < -0.39 is 0 Å². The minimum Gasteiger partial charge on any atom is -0.493 e. The van der Waals surface area contributed by atoms with Crippen LogP contribution in [0.2, 0.25) is 0 Å². The van der Waals surface area contributed by atoms with Gasteiger partial charge in [-0.1, -0.05) is 6.92 Å². The van der Waals surface area contributed by atoms with Crippen LogP contribution < -0.4 is 28.4 Å². The van der Waals surface area contributed by atoms with E-state index in [1.54, 1.807) is 21.3 Å². The van der Waals surface area contributed by atoms with Gasteiger partial charge in [0.1, 0.15) is 5.75 Å². The van der Waals surface area contributed by atoms with Crippen molar-refractivity contribution in [3.8, 4) is 34.5 Å². The van der Waals surface area contributed by atoms with Gasteiger partial charge in [-0.3, -0.25) is 4.90 Å². The quantitative estimate of drug-likeness (QED) is 0.658. The molecule has 0 N–H and O–H groups in total. The summed E-state index contributed by atoms with van der Waals surface area (Å²) < 4.78 is 34.9. The lowest BCUT2D eigenvalue weighted by Gasteiger charge is -2.43. The highest BCUT2D eigenvalue weighted by Crippen LogP contribution is 2.52. The Morgan fingerprint density at radius 3 is 2.12 bits per heavy atom. The van der Waals surface area contributed by atoms with Crippen LogP contribution in [-0.2, 0) is 0 Å². The second kappa shape index (κ2) is 8.62. The van der Waals surface area contributed by atoms with E-state index in [-0.39, 0.29) is 24.9 Å². The summed E-state index contributed by atoms with van der Waals surface area (Å²) in [4.78, 5) is 2.48. The standard InChI is InChI=1S/C25H31NO6/c1-5-16-23(15-10-21(27-2)24(29-4)22(11-15)28-3)17-12-19-20(31-14-30-19)13-18(17)32-25(16)26-8-6-7-9-26/h10-13,16,23,25H,5-9,14H2,1-4H3/t16-,23+,25-/m1/s1. The third-order valence-electron chi connectivity index (χ3n) is 6.90. The third-order valence-corrected chi connectivity index (χ3v) is 6.90. The Morgan fingerprint density at radius 2 is 1.53 bits per heavy atom. The molecule has 7 heteroatoms. The number of benzene rings is 2. The molecule has 0 amide bonds. The van der Waals surface area contributed by atoms with Crippen molar-refractivity contribution < 1.29 is 28.4 Å². The summed E-state index contributed by atoms with van der Waals surface area (Å²) in [5.74, 6) is 4.60. The number of rotatable bonds is 6. The highest BCUT2D eigenvalue weighted by molar-refractivity contribution is 5.60. The van der Waals surface area contributed by atoms with Crippen LogP contribution in [-0.4, -0.2) is 52.3 Å². The van der Waals surface area contributed by atoms with Crippen molar-refractivity contribution >= 4 is 0 Å². The van der Waals surface area contributed by atoms with Crippen LogP contribution in [0.1, 0.15) is 43.2 Å². The number of hydrogen-bond acceptors (Lipinski definition) is 7. The number of hydrogen-bond donors (Lipinski definition) is 0. The van der Waals surface area contributed by atoms with Gasteiger partial charge < -0.3 is 28.4 Å². The van der Waals surface area contributed by atoms with Gasteiger partial charge >= 0.3 is 0 Å². The van der Waals surface area contributed by atoms with Crippen molar-refractivity contribution in [2.75, 3.05) is 41.2 Å². The van der Waals surface area contributed by atoms with Gasteiger partial charge in [0.15, 0.2) is 29.2 Å². The molecule has 172 valence electrons. The van der Waals surface area contributed by atoms with Crippen molar-refractivity contribution in [3.05, 3.63) is 35.4 Å². The molecule has 7 nitrogen and oxygen atoms in total. The summed E-state index contributed by atoms with van der Waals surface area (Å²) in [5.41, 5.74) is 2.21. The first kappa shape index (κ1) is 21.1. The summed E-state index contributed by atoms with van der Waals surface area (Å²) in [5, 5.41) is 0. The van der Waals surface area contributed by atoms with Gasteiger partial charge in [0.05, 0.1) is 21.3 Å². The monoisotopic (exact) mass is 441 g/mol. The van der Waals surface area contributed by atoms with Crippen molar-refractivity contribution in [2.24, 2.45) is 5.92 Å². The number of ether oxygens (including phenoxy) is 6. The predicted molar refractivity (Wildman–Crippen MR) is 120 cm³/mol. The maximum Gasteiger partial charge on any atom is 0.231 e. The molecule has 3 aliphatic rings. The molecule has 1 saturated heterocycles. The van der Waals surface area contributed by atoms with Crippen LogP contribution in [0.25, 0.3) is 0 Å². The SMILES string of the molecule is CC[C@@H]1[C@H](c2cc(OC)c(OC)c(OC)c2)c2cc3c(cc2O[C@H]1N1CCCC1)OCO3. The van der Waals surface area contributed by atoms with Gasteiger partial charge in [-0.25, -0.2) is 0 Å². The lowest BCUT2D eigenvalue weighted by atomic mass is 9.75. The zero-order valence-corrected chi connectivity index (χ0v) is 19.2. The molecule has 1 fully saturated rings. The van der Waals surface area contributed by atoms with Crippen molar-refractivity contribution in [2.45, 2.75) is 38.3 Å².